The van der Waals surface area contributed by atoms with Crippen molar-refractivity contribution < 1.29 is 19.1 Å². The van der Waals surface area contributed by atoms with Gasteiger partial charge in [-0.15, -0.1) is 0 Å². The van der Waals surface area contributed by atoms with E-state index in [9.17, 15) is 14.9 Å². The van der Waals surface area contributed by atoms with E-state index in [4.69, 9.17) is 21.1 Å². The average molecular weight is 449 g/mol. The first-order valence-corrected chi connectivity index (χ1v) is 10.1. The summed E-state index contributed by atoms with van der Waals surface area (Å²) in [7, 11) is 1.61. The van der Waals surface area contributed by atoms with Crippen LogP contribution in [0.15, 0.2) is 60.2 Å². The second-order valence-corrected chi connectivity index (χ2v) is 7.47. The summed E-state index contributed by atoms with van der Waals surface area (Å²) in [5, 5.41) is 9.97. The highest BCUT2D eigenvalue weighted by Gasteiger charge is 2.17. The van der Waals surface area contributed by atoms with Gasteiger partial charge < -0.3 is 14.0 Å². The zero-order valence-electron chi connectivity index (χ0n) is 17.9. The van der Waals surface area contributed by atoms with Crippen LogP contribution in [-0.4, -0.2) is 30.0 Å². The first-order valence-electron chi connectivity index (χ1n) is 9.75. The largest absolute Gasteiger partial charge is 0.497 e. The molecule has 0 saturated carbocycles. The Morgan fingerprint density at radius 3 is 2.34 bits per heavy atom. The van der Waals surface area contributed by atoms with Crippen LogP contribution >= 0.6 is 11.6 Å². The van der Waals surface area contributed by atoms with E-state index in [1.54, 1.807) is 31.4 Å². The Labute approximate surface area is 191 Å². The first kappa shape index (κ1) is 22.9. The molecule has 2 aromatic carbocycles. The number of benzene rings is 2. The monoisotopic (exact) mass is 448 g/mol. The molecule has 3 aromatic rings. The van der Waals surface area contributed by atoms with Gasteiger partial charge in [0.1, 0.15) is 17.4 Å². The molecule has 0 aliphatic carbocycles. The molecule has 0 radical (unpaired) electrons. The Balaban J connectivity index is 1.78. The van der Waals surface area contributed by atoms with Crippen LogP contribution in [-0.2, 0) is 9.53 Å². The number of methoxy groups -OCH3 is 1. The zero-order chi connectivity index (χ0) is 23.3. The van der Waals surface area contributed by atoms with Crippen molar-refractivity contribution in [2.45, 2.75) is 13.8 Å². The van der Waals surface area contributed by atoms with E-state index in [0.717, 1.165) is 22.8 Å². The Morgan fingerprint density at radius 2 is 1.75 bits per heavy atom. The molecule has 6 nitrogen and oxygen atoms in total. The summed E-state index contributed by atoms with van der Waals surface area (Å²) in [6, 6.07) is 17.6. The lowest BCUT2D eigenvalue weighted by Crippen LogP contribution is -2.15. The van der Waals surface area contributed by atoms with Gasteiger partial charge in [-0.05, 0) is 80.1 Å². The fourth-order valence-electron chi connectivity index (χ4n) is 3.28. The van der Waals surface area contributed by atoms with Crippen molar-refractivity contribution >= 4 is 29.4 Å². The maximum absolute atomic E-state index is 12.4. The molecule has 162 valence electrons. The number of esters is 1. The third-order valence-corrected chi connectivity index (χ3v) is 5.19. The topological polar surface area (TPSA) is 81.3 Å². The van der Waals surface area contributed by atoms with Crippen molar-refractivity contribution in [1.29, 1.82) is 5.26 Å². The second-order valence-electron chi connectivity index (χ2n) is 7.04. The van der Waals surface area contributed by atoms with E-state index in [2.05, 4.69) is 0 Å². The molecule has 0 fully saturated rings. The highest BCUT2D eigenvalue weighted by Crippen LogP contribution is 2.24. The van der Waals surface area contributed by atoms with Crippen LogP contribution in [0.5, 0.6) is 5.75 Å². The van der Waals surface area contributed by atoms with E-state index in [0.29, 0.717) is 16.1 Å². The molecule has 0 amide bonds. The van der Waals surface area contributed by atoms with Crippen LogP contribution in [0.2, 0.25) is 5.02 Å². The van der Waals surface area contributed by atoms with Gasteiger partial charge >= 0.3 is 5.97 Å². The quantitative estimate of drug-likeness (QED) is 0.217. The number of carbonyl (C=O) groups is 2. The lowest BCUT2D eigenvalue weighted by Gasteiger charge is -2.10. The normalized spacial score (nSPS) is 11.0. The molecule has 3 rings (SSSR count). The number of hydrogen-bond acceptors (Lipinski definition) is 5. The van der Waals surface area contributed by atoms with Gasteiger partial charge in [0, 0.05) is 27.7 Å². The van der Waals surface area contributed by atoms with Gasteiger partial charge in [-0.25, -0.2) is 4.79 Å². The summed E-state index contributed by atoms with van der Waals surface area (Å²) in [6.45, 7) is 3.36. The number of ketones is 1. The molecule has 1 heterocycles. The fourth-order valence-corrected chi connectivity index (χ4v) is 3.41. The predicted molar refractivity (Wildman–Crippen MR) is 122 cm³/mol. The second kappa shape index (κ2) is 9.99. The number of Topliss-reactive ketones (excluding diaryl/α,β-unsaturated/α-hetero) is 1. The lowest BCUT2D eigenvalue weighted by molar-refractivity contribution is -0.137. The SMILES string of the molecule is COc1ccc(-n2c(C)cc(/C=C(\C#N)C(=O)OCC(=O)c3ccc(Cl)cc3)c2C)cc1. The summed E-state index contributed by atoms with van der Waals surface area (Å²) < 4.78 is 12.3. The number of carbonyl (C=O) groups excluding carboxylic acids is 2. The van der Waals surface area contributed by atoms with Crippen LogP contribution in [0.1, 0.15) is 27.3 Å². The van der Waals surface area contributed by atoms with Gasteiger partial charge in [0.05, 0.1) is 7.11 Å². The highest BCUT2D eigenvalue weighted by atomic mass is 35.5. The molecular weight excluding hydrogens is 428 g/mol. The number of nitriles is 1. The maximum Gasteiger partial charge on any atom is 0.349 e. The van der Waals surface area contributed by atoms with Crippen LogP contribution in [0.25, 0.3) is 11.8 Å². The van der Waals surface area contributed by atoms with Gasteiger partial charge in [-0.3, -0.25) is 4.79 Å². The lowest BCUT2D eigenvalue weighted by atomic mass is 10.1. The van der Waals surface area contributed by atoms with Crippen molar-refractivity contribution in [3.05, 3.63) is 87.7 Å². The minimum absolute atomic E-state index is 0.191. The number of halogens is 1. The van der Waals surface area contributed by atoms with Crippen LogP contribution < -0.4 is 4.74 Å². The molecule has 1 aromatic heterocycles. The number of ether oxygens (including phenoxy) is 2. The molecule has 0 unspecified atom stereocenters. The smallest absolute Gasteiger partial charge is 0.349 e. The molecule has 32 heavy (non-hydrogen) atoms. The molecule has 0 aliphatic rings. The fraction of sp³-hybridized carbons (Fsp3) is 0.160. The number of nitrogens with zero attached hydrogens (tertiary/aromatic N) is 2. The number of aromatic nitrogens is 1. The van der Waals surface area contributed by atoms with E-state index in [1.807, 2.05) is 54.8 Å². The first-order chi connectivity index (χ1) is 15.3. The van der Waals surface area contributed by atoms with E-state index >= 15 is 0 Å². The summed E-state index contributed by atoms with van der Waals surface area (Å²) in [4.78, 5) is 24.6. The molecule has 0 spiro atoms. The van der Waals surface area contributed by atoms with Gasteiger partial charge in [0.15, 0.2) is 12.4 Å². The predicted octanol–water partition coefficient (Wildman–Crippen LogP) is 5.09. The Hall–Kier alpha value is -3.82. The maximum atomic E-state index is 12.4. The summed E-state index contributed by atoms with van der Waals surface area (Å²) in [6.07, 6.45) is 1.47. The Bertz CT molecular complexity index is 1220. The van der Waals surface area contributed by atoms with Gasteiger partial charge in [-0.1, -0.05) is 11.6 Å². The van der Waals surface area contributed by atoms with Gasteiger partial charge in [0.2, 0.25) is 0 Å². The van der Waals surface area contributed by atoms with Crippen molar-refractivity contribution in [2.75, 3.05) is 13.7 Å². The van der Waals surface area contributed by atoms with Crippen molar-refractivity contribution in [3.63, 3.8) is 0 Å². The van der Waals surface area contributed by atoms with E-state index < -0.39 is 12.6 Å². The third-order valence-electron chi connectivity index (χ3n) is 4.94. The highest BCUT2D eigenvalue weighted by molar-refractivity contribution is 6.30. The molecule has 0 bridgehead atoms. The molecule has 0 saturated heterocycles. The van der Waals surface area contributed by atoms with Gasteiger partial charge in [0.25, 0.3) is 0 Å². The number of rotatable bonds is 7. The Morgan fingerprint density at radius 1 is 1.09 bits per heavy atom. The standard InChI is InChI=1S/C25H21ClN2O4/c1-16-12-19(17(2)28(16)22-8-10-23(31-3)11-9-22)13-20(14-27)25(30)32-15-24(29)18-4-6-21(26)7-5-18/h4-13H,15H2,1-3H3/b20-13+. The summed E-state index contributed by atoms with van der Waals surface area (Å²) in [5.74, 6) is -0.493. The molecule has 0 aliphatic heterocycles. The van der Waals surface area contributed by atoms with Crippen molar-refractivity contribution in [2.24, 2.45) is 0 Å². The van der Waals surface area contributed by atoms with Crippen LogP contribution in [0, 0.1) is 25.2 Å². The number of aryl methyl sites for hydroxylation is 1. The minimum atomic E-state index is -0.857. The van der Waals surface area contributed by atoms with Gasteiger partial charge in [-0.2, -0.15) is 5.26 Å². The van der Waals surface area contributed by atoms with E-state index in [-0.39, 0.29) is 11.4 Å². The van der Waals surface area contributed by atoms with E-state index in [1.165, 1.54) is 6.08 Å². The van der Waals surface area contributed by atoms with Crippen molar-refractivity contribution in [1.82, 2.24) is 4.57 Å². The summed E-state index contributed by atoms with van der Waals surface area (Å²) >= 11 is 5.81. The number of hydrogen-bond donors (Lipinski definition) is 0. The van der Waals surface area contributed by atoms with Crippen LogP contribution in [0.3, 0.4) is 0 Å². The average Bonchev–Trinajstić information content (AvgIpc) is 3.08. The van der Waals surface area contributed by atoms with Crippen LogP contribution in [0.4, 0.5) is 0 Å². The minimum Gasteiger partial charge on any atom is -0.497 e. The Kier molecular flexibility index (Phi) is 7.14. The molecule has 0 N–H and O–H groups in total. The van der Waals surface area contributed by atoms with Crippen molar-refractivity contribution in [3.8, 4) is 17.5 Å². The molecule has 7 heteroatoms. The molecule has 0 atom stereocenters. The zero-order valence-corrected chi connectivity index (χ0v) is 18.6. The molecular formula is C25H21ClN2O4. The summed E-state index contributed by atoms with van der Waals surface area (Å²) in [5.41, 5.74) is 3.59. The third kappa shape index (κ3) is 5.08.